The Morgan fingerprint density at radius 2 is 2.08 bits per heavy atom. The third-order valence-electron chi connectivity index (χ3n) is 3.28. The van der Waals surface area contributed by atoms with Crippen molar-refractivity contribution < 1.29 is 13.5 Å². The van der Waals surface area contributed by atoms with Gasteiger partial charge in [-0.3, -0.25) is 0 Å². The highest BCUT2D eigenvalue weighted by Crippen LogP contribution is 2.23. The van der Waals surface area contributed by atoms with Crippen LogP contribution in [0.2, 0.25) is 0 Å². The molecule has 0 amide bonds. The average molecular weight is 496 g/mol. The monoisotopic (exact) mass is 496 g/mol. The van der Waals surface area contributed by atoms with E-state index in [9.17, 15) is 8.78 Å². The second-order valence-electron chi connectivity index (χ2n) is 5.38. The van der Waals surface area contributed by atoms with Crippen LogP contribution in [0, 0.1) is 13.8 Å². The van der Waals surface area contributed by atoms with E-state index < -0.39 is 6.61 Å². The Morgan fingerprint density at radius 3 is 2.69 bits per heavy atom. The molecule has 0 aliphatic heterocycles. The van der Waals surface area contributed by atoms with E-state index in [1.807, 2.05) is 27.0 Å². The van der Waals surface area contributed by atoms with Gasteiger partial charge < -0.3 is 15.4 Å². The Labute approximate surface area is 173 Å². The number of nitrogens with zero attached hydrogens (tertiary/aromatic N) is 2. The van der Waals surface area contributed by atoms with E-state index in [4.69, 9.17) is 0 Å². The number of benzene rings is 1. The van der Waals surface area contributed by atoms with Crippen molar-refractivity contribution in [1.82, 2.24) is 15.6 Å². The van der Waals surface area contributed by atoms with Gasteiger partial charge in [-0.25, -0.2) is 9.98 Å². The Kier molecular flexibility index (Phi) is 9.78. The summed E-state index contributed by atoms with van der Waals surface area (Å²) < 4.78 is 29.7. The van der Waals surface area contributed by atoms with Crippen LogP contribution in [0.3, 0.4) is 0 Å². The highest BCUT2D eigenvalue weighted by molar-refractivity contribution is 14.0. The number of aromatic nitrogens is 1. The minimum absolute atomic E-state index is 0. The molecule has 2 aromatic rings. The first kappa shape index (κ1) is 22.6. The summed E-state index contributed by atoms with van der Waals surface area (Å²) in [5, 5.41) is 7.36. The van der Waals surface area contributed by atoms with Crippen molar-refractivity contribution in [1.29, 1.82) is 0 Å². The quantitative estimate of drug-likeness (QED) is 0.342. The van der Waals surface area contributed by atoms with E-state index >= 15 is 0 Å². The number of aryl methyl sites for hydroxylation is 2. The molecule has 0 radical (unpaired) electrons. The molecule has 1 aromatic heterocycles. The second-order valence-corrected chi connectivity index (χ2v) is 6.70. The summed E-state index contributed by atoms with van der Waals surface area (Å²) in [7, 11) is 0. The third-order valence-corrected chi connectivity index (χ3v) is 4.20. The van der Waals surface area contributed by atoms with Crippen molar-refractivity contribution in [3.8, 4) is 5.75 Å². The lowest BCUT2D eigenvalue weighted by Crippen LogP contribution is -2.36. The number of hydrogen-bond acceptors (Lipinski definition) is 4. The first-order valence-corrected chi connectivity index (χ1v) is 8.77. The Balaban J connectivity index is 0.00000338. The maximum Gasteiger partial charge on any atom is 0.387 e. The number of alkyl halides is 2. The zero-order chi connectivity index (χ0) is 18.2. The molecule has 26 heavy (non-hydrogen) atoms. The summed E-state index contributed by atoms with van der Waals surface area (Å²) >= 11 is 1.61. The predicted octanol–water partition coefficient (Wildman–Crippen LogP) is 4.23. The SMILES string of the molecule is CCNC(=NCc1cc(C)ccc1OC(F)F)NCc1cnc(C)s1.I. The lowest BCUT2D eigenvalue weighted by Gasteiger charge is -2.13. The third kappa shape index (κ3) is 7.40. The van der Waals surface area contributed by atoms with Crippen LogP contribution in [0.5, 0.6) is 5.75 Å². The lowest BCUT2D eigenvalue weighted by molar-refractivity contribution is -0.0504. The van der Waals surface area contributed by atoms with E-state index in [2.05, 4.69) is 25.3 Å². The van der Waals surface area contributed by atoms with Crippen LogP contribution in [0.25, 0.3) is 0 Å². The molecular formula is C17H23F2IN4OS. The van der Waals surface area contributed by atoms with Gasteiger partial charge in [0.05, 0.1) is 18.1 Å². The van der Waals surface area contributed by atoms with Crippen LogP contribution in [0.15, 0.2) is 29.4 Å². The van der Waals surface area contributed by atoms with Crippen LogP contribution in [-0.2, 0) is 13.1 Å². The summed E-state index contributed by atoms with van der Waals surface area (Å²) in [4.78, 5) is 9.78. The summed E-state index contributed by atoms with van der Waals surface area (Å²) in [6, 6.07) is 5.09. The molecule has 1 heterocycles. The molecule has 5 nitrogen and oxygen atoms in total. The molecule has 0 fully saturated rings. The summed E-state index contributed by atoms with van der Waals surface area (Å²) in [6.07, 6.45) is 1.83. The van der Waals surface area contributed by atoms with Gasteiger partial charge in [0.2, 0.25) is 0 Å². The van der Waals surface area contributed by atoms with Gasteiger partial charge in [-0.15, -0.1) is 35.3 Å². The molecule has 0 aliphatic carbocycles. The van der Waals surface area contributed by atoms with E-state index in [1.165, 1.54) is 0 Å². The number of nitrogens with one attached hydrogen (secondary N) is 2. The van der Waals surface area contributed by atoms with Crippen molar-refractivity contribution in [2.45, 2.75) is 40.5 Å². The van der Waals surface area contributed by atoms with E-state index in [-0.39, 0.29) is 36.3 Å². The van der Waals surface area contributed by atoms with Gasteiger partial charge in [0.25, 0.3) is 0 Å². The fourth-order valence-corrected chi connectivity index (χ4v) is 2.94. The van der Waals surface area contributed by atoms with Gasteiger partial charge >= 0.3 is 6.61 Å². The van der Waals surface area contributed by atoms with Crippen molar-refractivity contribution in [3.05, 3.63) is 45.4 Å². The van der Waals surface area contributed by atoms with Crippen molar-refractivity contribution in [3.63, 3.8) is 0 Å². The van der Waals surface area contributed by atoms with E-state index in [0.717, 1.165) is 15.4 Å². The molecule has 144 valence electrons. The first-order valence-electron chi connectivity index (χ1n) is 7.95. The van der Waals surface area contributed by atoms with E-state index in [1.54, 1.807) is 29.5 Å². The molecule has 2 N–H and O–H groups in total. The topological polar surface area (TPSA) is 58.5 Å². The zero-order valence-corrected chi connectivity index (χ0v) is 18.0. The second kappa shape index (κ2) is 11.3. The molecule has 0 unspecified atom stereocenters. The van der Waals surface area contributed by atoms with E-state index in [0.29, 0.717) is 24.6 Å². The maximum absolute atomic E-state index is 12.5. The molecule has 9 heteroatoms. The molecular weight excluding hydrogens is 473 g/mol. The van der Waals surface area contributed by atoms with Crippen LogP contribution in [0.1, 0.15) is 27.9 Å². The van der Waals surface area contributed by atoms with Crippen LogP contribution >= 0.6 is 35.3 Å². The number of rotatable bonds is 7. The first-order chi connectivity index (χ1) is 12.0. The average Bonchev–Trinajstić information content (AvgIpc) is 2.97. The molecule has 0 saturated carbocycles. The summed E-state index contributed by atoms with van der Waals surface area (Å²) in [5.41, 5.74) is 1.58. The fourth-order valence-electron chi connectivity index (χ4n) is 2.21. The number of aliphatic imine (C=N–C) groups is 1. The van der Waals surface area contributed by atoms with Crippen molar-refractivity contribution >= 4 is 41.3 Å². The normalized spacial score (nSPS) is 11.2. The van der Waals surface area contributed by atoms with Gasteiger partial charge in [-0.1, -0.05) is 17.7 Å². The molecule has 0 aliphatic rings. The minimum atomic E-state index is -2.86. The Bertz CT molecular complexity index is 725. The smallest absolute Gasteiger partial charge is 0.387 e. The van der Waals surface area contributed by atoms with Crippen molar-refractivity contribution in [2.24, 2.45) is 4.99 Å². The maximum atomic E-state index is 12.5. The molecule has 1 aromatic carbocycles. The van der Waals surface area contributed by atoms with Gasteiger partial charge in [0.15, 0.2) is 5.96 Å². The number of ether oxygens (including phenoxy) is 1. The number of halogens is 3. The zero-order valence-electron chi connectivity index (χ0n) is 14.9. The van der Waals surface area contributed by atoms with Crippen LogP contribution in [-0.4, -0.2) is 24.1 Å². The van der Waals surface area contributed by atoms with Crippen LogP contribution in [0.4, 0.5) is 8.78 Å². The molecule has 0 saturated heterocycles. The Hall–Kier alpha value is -1.49. The van der Waals surface area contributed by atoms with Gasteiger partial charge in [-0.2, -0.15) is 8.78 Å². The van der Waals surface area contributed by atoms with Gasteiger partial charge in [-0.05, 0) is 26.8 Å². The molecule has 0 bridgehead atoms. The molecule has 2 rings (SSSR count). The van der Waals surface area contributed by atoms with Crippen molar-refractivity contribution in [2.75, 3.05) is 6.54 Å². The lowest BCUT2D eigenvalue weighted by atomic mass is 10.1. The predicted molar refractivity (Wildman–Crippen MR) is 112 cm³/mol. The standard InChI is InChI=1S/C17H22F2N4OS.HI/c1-4-20-17(23-10-14-9-21-12(3)25-14)22-8-13-7-11(2)5-6-15(13)24-16(18)19;/h5-7,9,16H,4,8,10H2,1-3H3,(H2,20,22,23);1H. The fraction of sp³-hybridized carbons (Fsp3) is 0.412. The molecule has 0 atom stereocenters. The Morgan fingerprint density at radius 1 is 1.31 bits per heavy atom. The molecule has 0 spiro atoms. The van der Waals surface area contributed by atoms with Crippen LogP contribution < -0.4 is 15.4 Å². The van der Waals surface area contributed by atoms with Gasteiger partial charge in [0, 0.05) is 23.2 Å². The summed E-state index contributed by atoms with van der Waals surface area (Å²) in [6.45, 7) is 4.50. The number of guanidine groups is 1. The number of hydrogen-bond donors (Lipinski definition) is 2. The minimum Gasteiger partial charge on any atom is -0.434 e. The van der Waals surface area contributed by atoms with Gasteiger partial charge in [0.1, 0.15) is 5.75 Å². The highest BCUT2D eigenvalue weighted by Gasteiger charge is 2.10. The number of thiazole rings is 1. The highest BCUT2D eigenvalue weighted by atomic mass is 127. The summed E-state index contributed by atoms with van der Waals surface area (Å²) in [5.74, 6) is 0.760. The largest absolute Gasteiger partial charge is 0.434 e.